The van der Waals surface area contributed by atoms with Crippen molar-refractivity contribution in [2.24, 2.45) is 0 Å². The van der Waals surface area contributed by atoms with Gasteiger partial charge in [-0.2, -0.15) is 4.31 Å². The summed E-state index contributed by atoms with van der Waals surface area (Å²) in [4.78, 5) is 2.19. The Labute approximate surface area is 132 Å². The topological polar surface area (TPSA) is 40.6 Å². The minimum atomic E-state index is -3.28. The summed E-state index contributed by atoms with van der Waals surface area (Å²) in [5.74, 6) is 0.506. The zero-order valence-corrected chi connectivity index (χ0v) is 14.2. The normalized spacial score (nSPS) is 22.1. The summed E-state index contributed by atoms with van der Waals surface area (Å²) in [5, 5.41) is 0. The molecule has 1 fully saturated rings. The van der Waals surface area contributed by atoms with Gasteiger partial charge in [0.1, 0.15) is 0 Å². The molecule has 0 spiro atoms. The third-order valence-corrected chi connectivity index (χ3v) is 6.13. The molecule has 1 aliphatic heterocycles. The molecule has 1 unspecified atom stereocenters. The second-order valence-electron chi connectivity index (χ2n) is 5.78. The molecule has 1 aliphatic rings. The molecule has 1 aromatic carbocycles. The van der Waals surface area contributed by atoms with Gasteiger partial charge in [0.05, 0.1) is 5.75 Å². The van der Waals surface area contributed by atoms with Gasteiger partial charge in [0.25, 0.3) is 0 Å². The average Bonchev–Trinajstić information content (AvgIpc) is 2.60. The van der Waals surface area contributed by atoms with E-state index in [0.717, 1.165) is 30.6 Å². The number of sulfonamides is 1. The zero-order valence-electron chi connectivity index (χ0n) is 12.6. The third kappa shape index (κ3) is 4.42. The van der Waals surface area contributed by atoms with Crippen molar-refractivity contribution in [2.45, 2.75) is 31.0 Å². The van der Waals surface area contributed by atoms with Crippen LogP contribution in [0.2, 0.25) is 0 Å². The van der Waals surface area contributed by atoms with E-state index in [9.17, 15) is 8.42 Å². The van der Waals surface area contributed by atoms with E-state index in [0.29, 0.717) is 12.4 Å². The van der Waals surface area contributed by atoms with Crippen molar-refractivity contribution in [1.82, 2.24) is 9.21 Å². The molecule has 0 amide bonds. The van der Waals surface area contributed by atoms with Gasteiger partial charge in [0, 0.05) is 25.0 Å². The van der Waals surface area contributed by atoms with Gasteiger partial charge in [-0.05, 0) is 38.1 Å². The molecule has 6 heteroatoms. The minimum Gasteiger partial charge on any atom is -0.305 e. The van der Waals surface area contributed by atoms with Gasteiger partial charge in [-0.15, -0.1) is 11.6 Å². The predicted octanol–water partition coefficient (Wildman–Crippen LogP) is 2.28. The van der Waals surface area contributed by atoms with Crippen LogP contribution in [0.1, 0.15) is 24.5 Å². The summed E-state index contributed by atoms with van der Waals surface area (Å²) in [6.45, 7) is 4.31. The summed E-state index contributed by atoms with van der Waals surface area (Å²) >= 11 is 5.75. The molecule has 0 saturated carbocycles. The first-order valence-electron chi connectivity index (χ1n) is 7.24. The number of alkyl halides is 1. The Balaban J connectivity index is 2.12. The highest BCUT2D eigenvalue weighted by Crippen LogP contribution is 2.18. The number of benzene rings is 1. The predicted molar refractivity (Wildman–Crippen MR) is 86.9 cm³/mol. The molecule has 118 valence electrons. The highest BCUT2D eigenvalue weighted by molar-refractivity contribution is 7.88. The zero-order chi connectivity index (χ0) is 15.5. The largest absolute Gasteiger partial charge is 0.305 e. The van der Waals surface area contributed by atoms with Crippen molar-refractivity contribution in [2.75, 3.05) is 26.7 Å². The Morgan fingerprint density at radius 3 is 2.43 bits per heavy atom. The standard InChI is InChI=1S/C15H23ClN2O2S/c1-13-11-17(2)8-3-9-18(13)21(19,20)12-15-6-4-14(10-16)5-7-15/h4-7,13H,3,8-12H2,1-2H3. The molecule has 1 atom stereocenters. The number of halogens is 1. The van der Waals surface area contributed by atoms with Crippen LogP contribution in [-0.2, 0) is 21.7 Å². The molecule has 0 N–H and O–H groups in total. The Bertz CT molecular complexity index is 560. The molecule has 0 aliphatic carbocycles. The molecule has 1 aromatic rings. The number of hydrogen-bond acceptors (Lipinski definition) is 3. The van der Waals surface area contributed by atoms with E-state index >= 15 is 0 Å². The van der Waals surface area contributed by atoms with Crippen molar-refractivity contribution in [3.8, 4) is 0 Å². The lowest BCUT2D eigenvalue weighted by atomic mass is 10.2. The maximum atomic E-state index is 12.7. The van der Waals surface area contributed by atoms with Gasteiger partial charge in [0.2, 0.25) is 10.0 Å². The number of nitrogens with zero attached hydrogens (tertiary/aromatic N) is 2. The molecule has 0 bridgehead atoms. The van der Waals surface area contributed by atoms with Crippen LogP contribution in [0.4, 0.5) is 0 Å². The average molecular weight is 331 g/mol. The molecular weight excluding hydrogens is 308 g/mol. The Hall–Kier alpha value is -0.620. The summed E-state index contributed by atoms with van der Waals surface area (Å²) in [6.07, 6.45) is 0.880. The Morgan fingerprint density at radius 1 is 1.19 bits per heavy atom. The molecule has 0 aromatic heterocycles. The van der Waals surface area contributed by atoms with E-state index in [-0.39, 0.29) is 11.8 Å². The highest BCUT2D eigenvalue weighted by atomic mass is 35.5. The minimum absolute atomic E-state index is 0.0182. The van der Waals surface area contributed by atoms with Crippen molar-refractivity contribution in [3.05, 3.63) is 35.4 Å². The van der Waals surface area contributed by atoms with Gasteiger partial charge in [-0.25, -0.2) is 8.42 Å². The maximum absolute atomic E-state index is 12.7. The number of rotatable bonds is 4. The Morgan fingerprint density at radius 2 is 1.81 bits per heavy atom. The fourth-order valence-corrected chi connectivity index (χ4v) is 4.76. The molecule has 4 nitrogen and oxygen atoms in total. The van der Waals surface area contributed by atoms with E-state index in [1.165, 1.54) is 0 Å². The summed E-state index contributed by atoms with van der Waals surface area (Å²) < 4.78 is 27.0. The summed E-state index contributed by atoms with van der Waals surface area (Å²) in [5.41, 5.74) is 1.82. The maximum Gasteiger partial charge on any atom is 0.218 e. The third-order valence-electron chi connectivity index (χ3n) is 3.87. The van der Waals surface area contributed by atoms with Crippen LogP contribution in [0.5, 0.6) is 0 Å². The lowest BCUT2D eigenvalue weighted by Crippen LogP contribution is -2.42. The van der Waals surface area contributed by atoms with Gasteiger partial charge >= 0.3 is 0 Å². The lowest BCUT2D eigenvalue weighted by Gasteiger charge is -2.27. The summed E-state index contributed by atoms with van der Waals surface area (Å²) in [7, 11) is -1.24. The van der Waals surface area contributed by atoms with Crippen LogP contribution >= 0.6 is 11.6 Å². The van der Waals surface area contributed by atoms with E-state index < -0.39 is 10.0 Å². The summed E-state index contributed by atoms with van der Waals surface area (Å²) in [6, 6.07) is 7.49. The van der Waals surface area contributed by atoms with E-state index in [2.05, 4.69) is 4.90 Å². The first-order valence-corrected chi connectivity index (χ1v) is 9.38. The number of hydrogen-bond donors (Lipinski definition) is 0. The highest BCUT2D eigenvalue weighted by Gasteiger charge is 2.29. The van der Waals surface area contributed by atoms with Crippen molar-refractivity contribution in [3.63, 3.8) is 0 Å². The molecule has 21 heavy (non-hydrogen) atoms. The van der Waals surface area contributed by atoms with Gasteiger partial charge in [-0.1, -0.05) is 24.3 Å². The van der Waals surface area contributed by atoms with E-state index in [1.54, 1.807) is 4.31 Å². The van der Waals surface area contributed by atoms with Gasteiger partial charge in [0.15, 0.2) is 0 Å². The SMILES string of the molecule is CC1CN(C)CCCN1S(=O)(=O)Cc1ccc(CCl)cc1. The fraction of sp³-hybridized carbons (Fsp3) is 0.600. The van der Waals surface area contributed by atoms with Crippen LogP contribution in [-0.4, -0.2) is 50.3 Å². The van der Waals surface area contributed by atoms with Crippen LogP contribution < -0.4 is 0 Å². The van der Waals surface area contributed by atoms with Crippen LogP contribution in [0.15, 0.2) is 24.3 Å². The second kappa shape index (κ2) is 7.09. The quantitative estimate of drug-likeness (QED) is 0.795. The first-order chi connectivity index (χ1) is 9.92. The van der Waals surface area contributed by atoms with E-state index in [4.69, 9.17) is 11.6 Å². The van der Waals surface area contributed by atoms with Crippen molar-refractivity contribution >= 4 is 21.6 Å². The Kier molecular flexibility index (Phi) is 5.66. The first kappa shape index (κ1) is 16.7. The molecule has 0 radical (unpaired) electrons. The molecule has 2 rings (SSSR count). The van der Waals surface area contributed by atoms with Crippen LogP contribution in [0.25, 0.3) is 0 Å². The van der Waals surface area contributed by atoms with Crippen molar-refractivity contribution < 1.29 is 8.42 Å². The fourth-order valence-electron chi connectivity index (χ4n) is 2.78. The molecule has 1 saturated heterocycles. The second-order valence-corrected chi connectivity index (χ2v) is 7.97. The monoisotopic (exact) mass is 330 g/mol. The van der Waals surface area contributed by atoms with Crippen LogP contribution in [0.3, 0.4) is 0 Å². The van der Waals surface area contributed by atoms with Crippen LogP contribution in [0, 0.1) is 0 Å². The molecule has 1 heterocycles. The van der Waals surface area contributed by atoms with Gasteiger partial charge in [-0.3, -0.25) is 0 Å². The smallest absolute Gasteiger partial charge is 0.218 e. The van der Waals surface area contributed by atoms with Gasteiger partial charge < -0.3 is 4.90 Å². The molecular formula is C15H23ClN2O2S. The van der Waals surface area contributed by atoms with E-state index in [1.807, 2.05) is 38.2 Å². The number of likely N-dealkylation sites (N-methyl/N-ethyl adjacent to an activating group) is 1. The van der Waals surface area contributed by atoms with Crippen molar-refractivity contribution in [1.29, 1.82) is 0 Å². The lowest BCUT2D eigenvalue weighted by molar-refractivity contribution is 0.290.